The Morgan fingerprint density at radius 1 is 1.25 bits per heavy atom. The van der Waals surface area contributed by atoms with E-state index in [-0.39, 0.29) is 5.97 Å². The Bertz CT molecular complexity index is 646. The molecule has 0 N–H and O–H groups in total. The van der Waals surface area contributed by atoms with Crippen LogP contribution in [0.25, 0.3) is 0 Å². The van der Waals surface area contributed by atoms with Crippen LogP contribution in [0.3, 0.4) is 0 Å². The molecule has 24 heavy (non-hydrogen) atoms. The molecule has 128 valence electrons. The Morgan fingerprint density at radius 2 is 2.00 bits per heavy atom. The number of esters is 1. The second-order valence-electron chi connectivity index (χ2n) is 6.38. The highest BCUT2D eigenvalue weighted by Crippen LogP contribution is 2.20. The summed E-state index contributed by atoms with van der Waals surface area (Å²) in [7, 11) is 0. The van der Waals surface area contributed by atoms with E-state index in [1.165, 1.54) is 18.4 Å². The van der Waals surface area contributed by atoms with Crippen LogP contribution in [0.15, 0.2) is 42.7 Å². The predicted molar refractivity (Wildman–Crippen MR) is 92.6 cm³/mol. The molecule has 0 amide bonds. The number of ether oxygens (including phenoxy) is 1. The molecule has 1 saturated heterocycles. The van der Waals surface area contributed by atoms with Crippen molar-refractivity contribution in [3.05, 3.63) is 53.9 Å². The van der Waals surface area contributed by atoms with Gasteiger partial charge in [0.05, 0.1) is 18.4 Å². The Hall–Kier alpha value is -2.14. The summed E-state index contributed by atoms with van der Waals surface area (Å²) in [5, 5.41) is 4.30. The molecule has 2 aromatic rings. The van der Waals surface area contributed by atoms with Gasteiger partial charge < -0.3 is 4.74 Å². The number of carbonyl (C=O) groups is 1. The van der Waals surface area contributed by atoms with Crippen LogP contribution in [0, 0.1) is 5.92 Å². The van der Waals surface area contributed by atoms with Gasteiger partial charge in [-0.05, 0) is 44.3 Å². The van der Waals surface area contributed by atoms with Gasteiger partial charge in [0.15, 0.2) is 0 Å². The first-order valence-electron chi connectivity index (χ1n) is 8.70. The monoisotopic (exact) mass is 327 g/mol. The lowest BCUT2D eigenvalue weighted by atomic mass is 9.96. The van der Waals surface area contributed by atoms with Crippen molar-refractivity contribution in [2.24, 2.45) is 5.92 Å². The molecule has 1 fully saturated rings. The van der Waals surface area contributed by atoms with E-state index in [0.29, 0.717) is 18.1 Å². The van der Waals surface area contributed by atoms with Gasteiger partial charge in [-0.2, -0.15) is 5.10 Å². The summed E-state index contributed by atoms with van der Waals surface area (Å²) in [5.74, 6) is 0.327. The summed E-state index contributed by atoms with van der Waals surface area (Å²) in [4.78, 5) is 14.2. The van der Waals surface area contributed by atoms with Gasteiger partial charge in [-0.15, -0.1) is 0 Å². The molecule has 5 nitrogen and oxygen atoms in total. The fraction of sp³-hybridized carbons (Fsp3) is 0.474. The molecule has 3 rings (SSSR count). The molecule has 1 aliphatic heterocycles. The SMILES string of the molecule is CCOC(=O)c1cnn(CC2CCN(Cc3ccccc3)CC2)c1. The third-order valence-electron chi connectivity index (χ3n) is 4.55. The minimum atomic E-state index is -0.290. The number of carbonyl (C=O) groups excluding carboxylic acids is 1. The van der Waals surface area contributed by atoms with Gasteiger partial charge in [0.2, 0.25) is 0 Å². The minimum Gasteiger partial charge on any atom is -0.462 e. The molecule has 5 heteroatoms. The standard InChI is InChI=1S/C19H25N3O2/c1-2-24-19(23)18-12-20-22(15-18)14-17-8-10-21(11-9-17)13-16-6-4-3-5-7-16/h3-7,12,15,17H,2,8-11,13-14H2,1H3. The first-order valence-corrected chi connectivity index (χ1v) is 8.70. The Kier molecular flexibility index (Phi) is 5.64. The van der Waals surface area contributed by atoms with Crippen LogP contribution < -0.4 is 0 Å². The van der Waals surface area contributed by atoms with E-state index >= 15 is 0 Å². The Morgan fingerprint density at radius 3 is 2.71 bits per heavy atom. The summed E-state index contributed by atoms with van der Waals surface area (Å²) in [6.45, 7) is 6.34. The lowest BCUT2D eigenvalue weighted by Gasteiger charge is -2.31. The summed E-state index contributed by atoms with van der Waals surface area (Å²) in [6.07, 6.45) is 5.74. The largest absolute Gasteiger partial charge is 0.462 e. The van der Waals surface area contributed by atoms with E-state index in [1.54, 1.807) is 12.4 Å². The molecule has 0 spiro atoms. The number of benzene rings is 1. The number of nitrogens with zero attached hydrogens (tertiary/aromatic N) is 3. The average Bonchev–Trinajstić information content (AvgIpc) is 3.06. The predicted octanol–water partition coefficient (Wildman–Crippen LogP) is 2.97. The molecule has 0 unspecified atom stereocenters. The van der Waals surface area contributed by atoms with Crippen LogP contribution in [0.2, 0.25) is 0 Å². The van der Waals surface area contributed by atoms with Gasteiger partial charge >= 0.3 is 5.97 Å². The molecule has 2 heterocycles. The summed E-state index contributed by atoms with van der Waals surface area (Å²) < 4.78 is 6.88. The van der Waals surface area contributed by atoms with Gasteiger partial charge in [0.25, 0.3) is 0 Å². The number of aromatic nitrogens is 2. The van der Waals surface area contributed by atoms with Gasteiger partial charge in [-0.1, -0.05) is 30.3 Å². The highest BCUT2D eigenvalue weighted by Gasteiger charge is 2.20. The van der Waals surface area contributed by atoms with Crippen LogP contribution in [0.4, 0.5) is 0 Å². The van der Waals surface area contributed by atoms with E-state index in [4.69, 9.17) is 4.74 Å². The van der Waals surface area contributed by atoms with E-state index in [1.807, 2.05) is 11.6 Å². The van der Waals surface area contributed by atoms with E-state index in [9.17, 15) is 4.79 Å². The molecule has 0 aliphatic carbocycles. The van der Waals surface area contributed by atoms with Gasteiger partial charge in [-0.3, -0.25) is 9.58 Å². The fourth-order valence-electron chi connectivity index (χ4n) is 3.22. The second-order valence-corrected chi connectivity index (χ2v) is 6.38. The third kappa shape index (κ3) is 4.45. The van der Waals surface area contributed by atoms with Crippen molar-refractivity contribution in [2.45, 2.75) is 32.9 Å². The minimum absolute atomic E-state index is 0.290. The first kappa shape index (κ1) is 16.7. The van der Waals surface area contributed by atoms with Crippen molar-refractivity contribution in [1.29, 1.82) is 0 Å². The van der Waals surface area contributed by atoms with Crippen LogP contribution >= 0.6 is 0 Å². The summed E-state index contributed by atoms with van der Waals surface area (Å²) in [6, 6.07) is 10.6. The van der Waals surface area contributed by atoms with Crippen molar-refractivity contribution in [1.82, 2.24) is 14.7 Å². The van der Waals surface area contributed by atoms with Crippen LogP contribution in [-0.4, -0.2) is 40.3 Å². The van der Waals surface area contributed by atoms with Gasteiger partial charge in [-0.25, -0.2) is 4.79 Å². The number of hydrogen-bond donors (Lipinski definition) is 0. The lowest BCUT2D eigenvalue weighted by molar-refractivity contribution is 0.0526. The van der Waals surface area contributed by atoms with Crippen LogP contribution in [0.1, 0.15) is 35.7 Å². The van der Waals surface area contributed by atoms with Gasteiger partial charge in [0.1, 0.15) is 0 Å². The summed E-state index contributed by atoms with van der Waals surface area (Å²) >= 11 is 0. The average molecular weight is 327 g/mol. The second kappa shape index (κ2) is 8.11. The molecular formula is C19H25N3O2. The molecule has 0 radical (unpaired) electrons. The van der Waals surface area contributed by atoms with Crippen molar-refractivity contribution in [3.63, 3.8) is 0 Å². The molecule has 0 bridgehead atoms. The zero-order valence-corrected chi connectivity index (χ0v) is 14.2. The van der Waals surface area contributed by atoms with E-state index < -0.39 is 0 Å². The normalized spacial score (nSPS) is 16.2. The van der Waals surface area contributed by atoms with Crippen molar-refractivity contribution >= 4 is 5.97 Å². The number of rotatable bonds is 6. The maximum Gasteiger partial charge on any atom is 0.341 e. The number of likely N-dealkylation sites (tertiary alicyclic amines) is 1. The molecular weight excluding hydrogens is 302 g/mol. The fourth-order valence-corrected chi connectivity index (χ4v) is 3.22. The topological polar surface area (TPSA) is 47.4 Å². The molecule has 0 atom stereocenters. The Balaban J connectivity index is 1.46. The quantitative estimate of drug-likeness (QED) is 0.765. The van der Waals surface area contributed by atoms with Crippen molar-refractivity contribution in [3.8, 4) is 0 Å². The van der Waals surface area contributed by atoms with Crippen LogP contribution in [0.5, 0.6) is 0 Å². The maximum atomic E-state index is 11.7. The molecule has 1 aliphatic rings. The third-order valence-corrected chi connectivity index (χ3v) is 4.55. The first-order chi connectivity index (χ1) is 11.7. The van der Waals surface area contributed by atoms with Gasteiger partial charge in [0, 0.05) is 19.3 Å². The Labute approximate surface area is 143 Å². The molecule has 0 saturated carbocycles. The number of hydrogen-bond acceptors (Lipinski definition) is 4. The smallest absolute Gasteiger partial charge is 0.341 e. The maximum absolute atomic E-state index is 11.7. The molecule has 1 aromatic heterocycles. The lowest BCUT2D eigenvalue weighted by Crippen LogP contribution is -2.34. The van der Waals surface area contributed by atoms with E-state index in [0.717, 1.165) is 26.2 Å². The van der Waals surface area contributed by atoms with Crippen molar-refractivity contribution in [2.75, 3.05) is 19.7 Å². The molecule has 1 aromatic carbocycles. The van der Waals surface area contributed by atoms with E-state index in [2.05, 4.69) is 40.3 Å². The zero-order valence-electron chi connectivity index (χ0n) is 14.2. The highest BCUT2D eigenvalue weighted by atomic mass is 16.5. The zero-order chi connectivity index (χ0) is 16.8. The summed E-state index contributed by atoms with van der Waals surface area (Å²) in [5.41, 5.74) is 1.92. The van der Waals surface area contributed by atoms with Crippen LogP contribution in [-0.2, 0) is 17.8 Å². The van der Waals surface area contributed by atoms with Crippen molar-refractivity contribution < 1.29 is 9.53 Å². The number of piperidine rings is 1. The highest BCUT2D eigenvalue weighted by molar-refractivity contribution is 5.88.